The molecule has 1 rings (SSSR count). The van der Waals surface area contributed by atoms with Crippen molar-refractivity contribution in [1.82, 2.24) is 4.90 Å². The highest BCUT2D eigenvalue weighted by Gasteiger charge is 2.34. The number of amides is 1. The number of unbranched alkanes of at least 4 members (excludes halogenated alkanes) is 1. The van der Waals surface area contributed by atoms with E-state index in [4.69, 9.17) is 10.4 Å². The van der Waals surface area contributed by atoms with Gasteiger partial charge in [-0.15, -0.1) is 0 Å². The van der Waals surface area contributed by atoms with Crippen molar-refractivity contribution in [3.8, 4) is 0 Å². The summed E-state index contributed by atoms with van der Waals surface area (Å²) in [5.74, 6) is -0.381. The van der Waals surface area contributed by atoms with Crippen molar-refractivity contribution in [1.29, 1.82) is 0 Å². The van der Waals surface area contributed by atoms with Gasteiger partial charge in [-0.3, -0.25) is 4.79 Å². The minimum Gasteiger partial charge on any atom is -0.411 e. The van der Waals surface area contributed by atoms with Crippen molar-refractivity contribution in [2.45, 2.75) is 19.8 Å². The summed E-state index contributed by atoms with van der Waals surface area (Å²) in [4.78, 5) is 12.9. The number of likely N-dealkylation sites (tertiary alicyclic amines) is 1. The smallest absolute Gasteiger partial charge is 0.278 e. The number of hydrogen-bond donors (Lipinski definition) is 2. The van der Waals surface area contributed by atoms with Gasteiger partial charge in [0.2, 0.25) is 0 Å². The van der Waals surface area contributed by atoms with E-state index in [1.54, 1.807) is 0 Å². The quantitative estimate of drug-likeness (QED) is 0.506. The van der Waals surface area contributed by atoms with Crippen LogP contribution in [0, 0.1) is 0 Å². The molecule has 1 saturated heterocycles. The zero-order valence-electron chi connectivity index (χ0n) is 7.97. The van der Waals surface area contributed by atoms with E-state index in [9.17, 15) is 4.79 Å². The molecule has 0 aromatic heterocycles. The molecule has 1 aliphatic heterocycles. The maximum atomic E-state index is 11.5. The zero-order chi connectivity index (χ0) is 10.6. The van der Waals surface area contributed by atoms with Gasteiger partial charge in [-0.25, -0.2) is 0 Å². The number of rotatable bonds is 3. The Kier molecular flexibility index (Phi) is 3.44. The molecule has 0 saturated carbocycles. The van der Waals surface area contributed by atoms with E-state index in [1.807, 2.05) is 6.92 Å². The lowest BCUT2D eigenvalue weighted by molar-refractivity contribution is -0.122. The Morgan fingerprint density at radius 2 is 2.14 bits per heavy atom. The molecule has 1 heterocycles. The third-order valence-electron chi connectivity index (χ3n) is 2.11. The van der Waals surface area contributed by atoms with E-state index in [1.165, 1.54) is 4.90 Å². The zero-order valence-corrected chi connectivity index (χ0v) is 7.97. The number of nitrogens with zero attached hydrogens (tertiary/aromatic N) is 3. The minimum atomic E-state index is -0.381. The number of hydrogen-bond acceptors (Lipinski definition) is 5. The SMILES string of the molecule is CCCCN1CC(=NO)C(=NO)C1=O. The summed E-state index contributed by atoms with van der Waals surface area (Å²) in [5, 5.41) is 22.8. The Hall–Kier alpha value is -1.59. The molecule has 0 atom stereocenters. The summed E-state index contributed by atoms with van der Waals surface area (Å²) < 4.78 is 0. The van der Waals surface area contributed by atoms with Gasteiger partial charge in [0.1, 0.15) is 5.71 Å². The lowest BCUT2D eigenvalue weighted by atomic mass is 10.3. The van der Waals surface area contributed by atoms with Gasteiger partial charge in [0.25, 0.3) is 5.91 Å². The number of oxime groups is 2. The van der Waals surface area contributed by atoms with Crippen LogP contribution in [0.25, 0.3) is 0 Å². The molecule has 2 N–H and O–H groups in total. The molecule has 0 radical (unpaired) electrons. The second-order valence-corrected chi connectivity index (χ2v) is 3.08. The van der Waals surface area contributed by atoms with E-state index in [2.05, 4.69) is 10.3 Å². The first-order chi connectivity index (χ1) is 6.74. The summed E-state index contributed by atoms with van der Waals surface area (Å²) in [6.45, 7) is 2.82. The summed E-state index contributed by atoms with van der Waals surface area (Å²) in [5.41, 5.74) is -0.0443. The molecular weight excluding hydrogens is 186 g/mol. The largest absolute Gasteiger partial charge is 0.411 e. The fourth-order valence-corrected chi connectivity index (χ4v) is 1.31. The maximum absolute atomic E-state index is 11.5. The molecule has 0 bridgehead atoms. The van der Waals surface area contributed by atoms with Crippen molar-refractivity contribution in [3.63, 3.8) is 0 Å². The molecule has 0 aromatic carbocycles. The van der Waals surface area contributed by atoms with Gasteiger partial charge in [0.05, 0.1) is 6.54 Å². The maximum Gasteiger partial charge on any atom is 0.278 e. The van der Waals surface area contributed by atoms with Crippen molar-refractivity contribution in [2.75, 3.05) is 13.1 Å². The van der Waals surface area contributed by atoms with Gasteiger partial charge in [0.15, 0.2) is 5.71 Å². The lowest BCUT2D eigenvalue weighted by Crippen LogP contribution is -2.28. The van der Waals surface area contributed by atoms with Crippen LogP contribution in [-0.2, 0) is 4.79 Å². The van der Waals surface area contributed by atoms with Crippen LogP contribution in [-0.4, -0.2) is 45.7 Å². The molecule has 1 fully saturated rings. The van der Waals surface area contributed by atoms with Gasteiger partial charge in [-0.05, 0) is 6.42 Å². The number of carbonyl (C=O) groups is 1. The number of carbonyl (C=O) groups excluding carboxylic acids is 1. The van der Waals surface area contributed by atoms with Gasteiger partial charge < -0.3 is 15.3 Å². The first-order valence-electron chi connectivity index (χ1n) is 4.47. The van der Waals surface area contributed by atoms with E-state index in [0.717, 1.165) is 12.8 Å². The fraction of sp³-hybridized carbons (Fsp3) is 0.625. The van der Waals surface area contributed by atoms with Crippen molar-refractivity contribution in [3.05, 3.63) is 0 Å². The summed E-state index contributed by atoms with van der Waals surface area (Å²) in [6.07, 6.45) is 1.85. The molecular formula is C8H13N3O3. The first-order valence-corrected chi connectivity index (χ1v) is 4.47. The molecule has 1 aliphatic rings. The third kappa shape index (κ3) is 1.84. The third-order valence-corrected chi connectivity index (χ3v) is 2.11. The van der Waals surface area contributed by atoms with Gasteiger partial charge in [-0.2, -0.15) is 0 Å². The Balaban J connectivity index is 2.72. The predicted octanol–water partition coefficient (Wildman–Crippen LogP) is 0.289. The van der Waals surface area contributed by atoms with E-state index < -0.39 is 0 Å². The standard InChI is InChI=1S/C8H13N3O3/c1-2-3-4-11-5-6(9-13)7(10-14)8(11)12/h13-14H,2-5H2,1H3. The Labute approximate surface area is 81.5 Å². The van der Waals surface area contributed by atoms with Gasteiger partial charge in [-0.1, -0.05) is 23.7 Å². The molecule has 0 spiro atoms. The highest BCUT2D eigenvalue weighted by molar-refractivity contribution is 6.70. The first kappa shape index (κ1) is 10.5. The van der Waals surface area contributed by atoms with Crippen LogP contribution in [0.15, 0.2) is 10.3 Å². The van der Waals surface area contributed by atoms with E-state index >= 15 is 0 Å². The minimum absolute atomic E-state index is 0.119. The monoisotopic (exact) mass is 199 g/mol. The molecule has 78 valence electrons. The van der Waals surface area contributed by atoms with Crippen LogP contribution < -0.4 is 0 Å². The van der Waals surface area contributed by atoms with Crippen LogP contribution in [0.1, 0.15) is 19.8 Å². The van der Waals surface area contributed by atoms with E-state index in [-0.39, 0.29) is 23.9 Å². The second kappa shape index (κ2) is 4.59. The molecule has 6 heteroatoms. The molecule has 1 amide bonds. The van der Waals surface area contributed by atoms with Crippen LogP contribution in [0.4, 0.5) is 0 Å². The van der Waals surface area contributed by atoms with Crippen LogP contribution in [0.3, 0.4) is 0 Å². The normalized spacial score (nSPS) is 22.6. The van der Waals surface area contributed by atoms with Gasteiger partial charge in [0, 0.05) is 6.54 Å². The predicted molar refractivity (Wildman–Crippen MR) is 49.9 cm³/mol. The molecule has 0 aliphatic carbocycles. The average molecular weight is 199 g/mol. The Morgan fingerprint density at radius 3 is 2.57 bits per heavy atom. The van der Waals surface area contributed by atoms with Crippen LogP contribution >= 0.6 is 0 Å². The van der Waals surface area contributed by atoms with Crippen LogP contribution in [0.5, 0.6) is 0 Å². The summed E-state index contributed by atoms with van der Waals surface area (Å²) in [7, 11) is 0. The van der Waals surface area contributed by atoms with Crippen molar-refractivity contribution in [2.24, 2.45) is 10.3 Å². The second-order valence-electron chi connectivity index (χ2n) is 3.08. The summed E-state index contributed by atoms with van der Waals surface area (Å²) >= 11 is 0. The van der Waals surface area contributed by atoms with E-state index in [0.29, 0.717) is 6.54 Å². The fourth-order valence-electron chi connectivity index (χ4n) is 1.31. The highest BCUT2D eigenvalue weighted by Crippen LogP contribution is 2.07. The van der Waals surface area contributed by atoms with Crippen molar-refractivity contribution < 1.29 is 15.2 Å². The molecule has 0 aromatic rings. The molecule has 6 nitrogen and oxygen atoms in total. The van der Waals surface area contributed by atoms with Crippen LogP contribution in [0.2, 0.25) is 0 Å². The van der Waals surface area contributed by atoms with Gasteiger partial charge >= 0.3 is 0 Å². The topological polar surface area (TPSA) is 85.5 Å². The Morgan fingerprint density at radius 1 is 1.43 bits per heavy atom. The Bertz CT molecular complexity index is 286. The summed E-state index contributed by atoms with van der Waals surface area (Å²) in [6, 6.07) is 0. The lowest BCUT2D eigenvalue weighted by Gasteiger charge is -2.12. The van der Waals surface area contributed by atoms with Crippen molar-refractivity contribution >= 4 is 17.3 Å². The molecule has 0 unspecified atom stereocenters. The average Bonchev–Trinajstić information content (AvgIpc) is 2.51. The highest BCUT2D eigenvalue weighted by atomic mass is 16.4. The molecule has 14 heavy (non-hydrogen) atoms.